The van der Waals surface area contributed by atoms with Crippen molar-refractivity contribution >= 4 is 21.8 Å². The Kier molecular flexibility index (Phi) is 4.44. The van der Waals surface area contributed by atoms with Crippen molar-refractivity contribution in [1.82, 2.24) is 4.90 Å². The molecular weight excluding hydrogens is 329 g/mol. The van der Waals surface area contributed by atoms with Crippen molar-refractivity contribution < 1.29 is 18.3 Å². The summed E-state index contributed by atoms with van der Waals surface area (Å²) in [5, 5.41) is 0. The molecule has 0 aliphatic rings. The minimum Gasteiger partial charge on any atom is -0.494 e. The highest BCUT2D eigenvalue weighted by molar-refractivity contribution is 9.10. The molecule has 6 heteroatoms. The van der Waals surface area contributed by atoms with Crippen LogP contribution in [0.1, 0.15) is 16.1 Å². The number of carbonyl (C=O) groups is 1. The summed E-state index contributed by atoms with van der Waals surface area (Å²) in [4.78, 5) is 13.5. The summed E-state index contributed by atoms with van der Waals surface area (Å²) in [5.74, 6) is -0.315. The van der Waals surface area contributed by atoms with Gasteiger partial charge in [-0.25, -0.2) is 4.39 Å². The average molecular weight is 342 g/mol. The summed E-state index contributed by atoms with van der Waals surface area (Å²) < 4.78 is 24.1. The van der Waals surface area contributed by atoms with Gasteiger partial charge in [0.1, 0.15) is 0 Å². The minimum absolute atomic E-state index is 0.178. The minimum atomic E-state index is -0.452. The Morgan fingerprint density at radius 3 is 2.70 bits per heavy atom. The largest absolute Gasteiger partial charge is 0.494 e. The summed E-state index contributed by atoms with van der Waals surface area (Å²) in [6.45, 7) is 0.276. The van der Waals surface area contributed by atoms with Gasteiger partial charge in [-0.3, -0.25) is 4.79 Å². The van der Waals surface area contributed by atoms with Crippen molar-refractivity contribution in [3.8, 4) is 5.75 Å². The van der Waals surface area contributed by atoms with Gasteiger partial charge < -0.3 is 14.1 Å². The Bertz CT molecular complexity index is 627. The number of nitrogens with zero attached hydrogens (tertiary/aromatic N) is 1. The van der Waals surface area contributed by atoms with Crippen LogP contribution in [0.5, 0.6) is 5.75 Å². The lowest BCUT2D eigenvalue weighted by atomic mass is 10.2. The second kappa shape index (κ2) is 6.09. The van der Waals surface area contributed by atoms with E-state index in [1.165, 1.54) is 24.1 Å². The van der Waals surface area contributed by atoms with Crippen LogP contribution in [0.3, 0.4) is 0 Å². The van der Waals surface area contributed by atoms with E-state index in [0.29, 0.717) is 10.2 Å². The summed E-state index contributed by atoms with van der Waals surface area (Å²) in [6.07, 6.45) is 0. The third-order valence-corrected chi connectivity index (χ3v) is 3.19. The number of hydrogen-bond acceptors (Lipinski definition) is 3. The van der Waals surface area contributed by atoms with Gasteiger partial charge in [0.2, 0.25) is 0 Å². The van der Waals surface area contributed by atoms with E-state index in [-0.39, 0.29) is 24.0 Å². The SMILES string of the molecule is COc1ccc(CN(C)C(=O)c2ccc(Br)o2)cc1F. The molecule has 2 rings (SSSR count). The second-order valence-corrected chi connectivity index (χ2v) is 5.02. The summed E-state index contributed by atoms with van der Waals surface area (Å²) in [7, 11) is 3.03. The van der Waals surface area contributed by atoms with Crippen molar-refractivity contribution in [2.45, 2.75) is 6.54 Å². The van der Waals surface area contributed by atoms with Gasteiger partial charge in [0.25, 0.3) is 5.91 Å². The lowest BCUT2D eigenvalue weighted by Gasteiger charge is -2.16. The fraction of sp³-hybridized carbons (Fsp3) is 0.214. The van der Waals surface area contributed by atoms with Crippen molar-refractivity contribution in [3.63, 3.8) is 0 Å². The highest BCUT2D eigenvalue weighted by Gasteiger charge is 2.16. The molecule has 0 aliphatic carbocycles. The number of carbonyl (C=O) groups excluding carboxylic acids is 1. The first-order valence-electron chi connectivity index (χ1n) is 5.84. The number of furan rings is 1. The molecule has 0 radical (unpaired) electrons. The van der Waals surface area contributed by atoms with Gasteiger partial charge in [0.15, 0.2) is 22.0 Å². The quantitative estimate of drug-likeness (QED) is 0.855. The molecule has 2 aromatic rings. The number of rotatable bonds is 4. The lowest BCUT2D eigenvalue weighted by Crippen LogP contribution is -2.25. The zero-order valence-corrected chi connectivity index (χ0v) is 12.6. The Hall–Kier alpha value is -1.82. The molecule has 1 heterocycles. The van der Waals surface area contributed by atoms with Crippen LogP contribution in [0.4, 0.5) is 4.39 Å². The number of hydrogen-bond donors (Lipinski definition) is 0. The van der Waals surface area contributed by atoms with Crippen molar-refractivity contribution in [3.05, 3.63) is 52.1 Å². The normalized spacial score (nSPS) is 10.4. The topological polar surface area (TPSA) is 42.7 Å². The molecule has 1 aromatic heterocycles. The average Bonchev–Trinajstić information content (AvgIpc) is 2.84. The molecular formula is C14H13BrFNO3. The molecule has 0 fully saturated rings. The van der Waals surface area contributed by atoms with Crippen LogP contribution < -0.4 is 4.74 Å². The summed E-state index contributed by atoms with van der Waals surface area (Å²) in [6, 6.07) is 7.82. The van der Waals surface area contributed by atoms with Gasteiger partial charge in [0, 0.05) is 13.6 Å². The van der Waals surface area contributed by atoms with E-state index < -0.39 is 5.82 Å². The summed E-state index contributed by atoms with van der Waals surface area (Å²) in [5.41, 5.74) is 0.671. The highest BCUT2D eigenvalue weighted by Crippen LogP contribution is 2.20. The van der Waals surface area contributed by atoms with E-state index in [0.717, 1.165) is 0 Å². The maximum Gasteiger partial charge on any atom is 0.289 e. The Morgan fingerprint density at radius 1 is 1.40 bits per heavy atom. The molecule has 0 atom stereocenters. The maximum absolute atomic E-state index is 13.6. The molecule has 106 valence electrons. The molecule has 0 spiro atoms. The zero-order valence-electron chi connectivity index (χ0n) is 11.0. The Morgan fingerprint density at radius 2 is 2.15 bits per heavy atom. The molecule has 0 N–H and O–H groups in total. The van der Waals surface area contributed by atoms with Crippen LogP contribution in [-0.2, 0) is 6.54 Å². The van der Waals surface area contributed by atoms with Gasteiger partial charge in [-0.1, -0.05) is 6.07 Å². The van der Waals surface area contributed by atoms with E-state index in [4.69, 9.17) is 9.15 Å². The molecule has 4 nitrogen and oxygen atoms in total. The fourth-order valence-corrected chi connectivity index (χ4v) is 2.08. The van der Waals surface area contributed by atoms with Gasteiger partial charge in [-0.05, 0) is 45.8 Å². The van der Waals surface area contributed by atoms with E-state index >= 15 is 0 Å². The van der Waals surface area contributed by atoms with Gasteiger partial charge in [-0.15, -0.1) is 0 Å². The highest BCUT2D eigenvalue weighted by atomic mass is 79.9. The van der Waals surface area contributed by atoms with Gasteiger partial charge >= 0.3 is 0 Å². The number of ether oxygens (including phenoxy) is 1. The van der Waals surface area contributed by atoms with E-state index in [1.807, 2.05) is 0 Å². The number of benzene rings is 1. The zero-order chi connectivity index (χ0) is 14.7. The first-order valence-corrected chi connectivity index (χ1v) is 6.64. The monoisotopic (exact) mass is 341 g/mol. The first kappa shape index (κ1) is 14.6. The van der Waals surface area contributed by atoms with Crippen LogP contribution in [0.15, 0.2) is 39.4 Å². The predicted octanol–water partition coefficient (Wildman–Crippen LogP) is 3.46. The van der Waals surface area contributed by atoms with Crippen LogP contribution in [0, 0.1) is 5.82 Å². The third kappa shape index (κ3) is 3.19. The molecule has 1 aromatic carbocycles. The van der Waals surface area contributed by atoms with Crippen LogP contribution in [-0.4, -0.2) is 25.0 Å². The fourth-order valence-electron chi connectivity index (χ4n) is 1.77. The smallest absolute Gasteiger partial charge is 0.289 e. The molecule has 20 heavy (non-hydrogen) atoms. The maximum atomic E-state index is 13.6. The van der Waals surface area contributed by atoms with Crippen molar-refractivity contribution in [2.24, 2.45) is 0 Å². The molecule has 0 saturated heterocycles. The predicted molar refractivity (Wildman–Crippen MR) is 75.2 cm³/mol. The third-order valence-electron chi connectivity index (χ3n) is 2.77. The van der Waals surface area contributed by atoms with Crippen LogP contribution in [0.2, 0.25) is 0 Å². The Balaban J connectivity index is 2.09. The van der Waals surface area contributed by atoms with Crippen LogP contribution in [0.25, 0.3) is 0 Å². The number of halogens is 2. The van der Waals surface area contributed by atoms with Crippen molar-refractivity contribution in [2.75, 3.05) is 14.2 Å². The molecule has 0 saturated carbocycles. The van der Waals surface area contributed by atoms with E-state index in [1.54, 1.807) is 25.2 Å². The standard InChI is InChI=1S/C14H13BrFNO3/c1-17(14(18)12-5-6-13(15)20-12)8-9-3-4-11(19-2)10(16)7-9/h3-7H,8H2,1-2H3. The molecule has 0 aliphatic heterocycles. The number of amides is 1. The Labute approximate surface area is 124 Å². The number of methoxy groups -OCH3 is 1. The second-order valence-electron chi connectivity index (χ2n) is 4.23. The molecule has 1 amide bonds. The van der Waals surface area contributed by atoms with E-state index in [9.17, 15) is 9.18 Å². The van der Waals surface area contributed by atoms with Gasteiger partial charge in [0.05, 0.1) is 7.11 Å². The van der Waals surface area contributed by atoms with Gasteiger partial charge in [-0.2, -0.15) is 0 Å². The first-order chi connectivity index (χ1) is 9.51. The van der Waals surface area contributed by atoms with Crippen LogP contribution >= 0.6 is 15.9 Å². The summed E-state index contributed by atoms with van der Waals surface area (Å²) >= 11 is 3.14. The molecule has 0 unspecified atom stereocenters. The van der Waals surface area contributed by atoms with E-state index in [2.05, 4.69) is 15.9 Å². The van der Waals surface area contributed by atoms with Crippen molar-refractivity contribution in [1.29, 1.82) is 0 Å². The lowest BCUT2D eigenvalue weighted by molar-refractivity contribution is 0.0752. The molecule has 0 bridgehead atoms.